The number of likely N-dealkylation sites (tertiary alicyclic amines) is 1. The van der Waals surface area contributed by atoms with Gasteiger partial charge in [-0.1, -0.05) is 152 Å². The number of allylic oxidation sites excluding steroid dienone is 8. The van der Waals surface area contributed by atoms with E-state index in [2.05, 4.69) is 74.4 Å². The summed E-state index contributed by atoms with van der Waals surface area (Å²) in [6, 6.07) is 0. The van der Waals surface area contributed by atoms with E-state index in [-0.39, 0.29) is 23.8 Å². The number of hydrogen-bond acceptors (Lipinski definition) is 5. The summed E-state index contributed by atoms with van der Waals surface area (Å²) in [7, 11) is 2.09. The van der Waals surface area contributed by atoms with Crippen LogP contribution in [0.15, 0.2) is 48.6 Å². The second-order valence-corrected chi connectivity index (χ2v) is 15.5. The Morgan fingerprint density at radius 2 is 0.769 bits per heavy atom. The number of ether oxygens (including phenoxy) is 2. The van der Waals surface area contributed by atoms with E-state index in [1.165, 1.54) is 128 Å². The highest BCUT2D eigenvalue weighted by molar-refractivity contribution is 5.69. The molecule has 5 nitrogen and oxygen atoms in total. The van der Waals surface area contributed by atoms with Crippen molar-refractivity contribution in [3.8, 4) is 0 Å². The molecule has 52 heavy (non-hydrogen) atoms. The SMILES string of the molecule is CCCCCC=CCC=CCCCCCCCCCC(=O)OCC1CN(C)C[C@H]1COC(=O)CCCCCCCCCC=CCC=CCCCCC. The predicted octanol–water partition coefficient (Wildman–Crippen LogP) is 13.4. The van der Waals surface area contributed by atoms with Crippen molar-refractivity contribution < 1.29 is 19.1 Å². The van der Waals surface area contributed by atoms with Crippen molar-refractivity contribution in [3.63, 3.8) is 0 Å². The van der Waals surface area contributed by atoms with E-state index in [4.69, 9.17) is 9.47 Å². The lowest BCUT2D eigenvalue weighted by atomic mass is 9.98. The first-order chi connectivity index (χ1) is 25.6. The molecule has 1 saturated heterocycles. The van der Waals surface area contributed by atoms with Gasteiger partial charge in [0.25, 0.3) is 0 Å². The fourth-order valence-electron chi connectivity index (χ4n) is 6.96. The molecule has 1 aliphatic heterocycles. The monoisotopic (exact) mass is 726 g/mol. The Morgan fingerprint density at radius 3 is 1.12 bits per heavy atom. The van der Waals surface area contributed by atoms with Crippen LogP contribution >= 0.6 is 0 Å². The van der Waals surface area contributed by atoms with Crippen molar-refractivity contribution in [2.45, 2.75) is 194 Å². The van der Waals surface area contributed by atoms with Crippen molar-refractivity contribution in [2.24, 2.45) is 11.8 Å². The van der Waals surface area contributed by atoms with E-state index in [1.807, 2.05) is 0 Å². The molecule has 1 aliphatic rings. The van der Waals surface area contributed by atoms with Crippen molar-refractivity contribution in [2.75, 3.05) is 33.4 Å². The van der Waals surface area contributed by atoms with Crippen LogP contribution in [0.25, 0.3) is 0 Å². The molecule has 5 heteroatoms. The summed E-state index contributed by atoms with van der Waals surface area (Å²) in [6.07, 6.45) is 51.0. The first kappa shape index (κ1) is 47.9. The van der Waals surface area contributed by atoms with Crippen LogP contribution in [0.3, 0.4) is 0 Å². The van der Waals surface area contributed by atoms with Crippen LogP contribution in [0.4, 0.5) is 0 Å². The average Bonchev–Trinajstić information content (AvgIpc) is 3.51. The van der Waals surface area contributed by atoms with Crippen LogP contribution in [0, 0.1) is 11.8 Å². The third-order valence-electron chi connectivity index (χ3n) is 10.3. The van der Waals surface area contributed by atoms with Crippen LogP contribution in [-0.2, 0) is 19.1 Å². The lowest BCUT2D eigenvalue weighted by molar-refractivity contribution is -0.149. The first-order valence-electron chi connectivity index (χ1n) is 22.2. The van der Waals surface area contributed by atoms with Gasteiger partial charge in [-0.05, 0) is 84.1 Å². The summed E-state index contributed by atoms with van der Waals surface area (Å²) < 4.78 is 11.4. The Kier molecular flexibility index (Phi) is 34.2. The minimum atomic E-state index is -0.0822. The van der Waals surface area contributed by atoms with Crippen LogP contribution in [0.2, 0.25) is 0 Å². The molecule has 1 unspecified atom stereocenters. The Morgan fingerprint density at radius 1 is 0.462 bits per heavy atom. The van der Waals surface area contributed by atoms with Gasteiger partial charge in [0.2, 0.25) is 0 Å². The molecule has 0 aromatic rings. The third kappa shape index (κ3) is 31.4. The van der Waals surface area contributed by atoms with E-state index in [9.17, 15) is 9.59 Å². The zero-order valence-electron chi connectivity index (χ0n) is 34.5. The molecule has 0 amide bonds. The molecule has 0 spiro atoms. The fourth-order valence-corrected chi connectivity index (χ4v) is 6.96. The van der Waals surface area contributed by atoms with Gasteiger partial charge in [-0.25, -0.2) is 0 Å². The standard InChI is InChI=1S/C47H83NO4/c1-4-6-8-10-12-14-16-18-20-22-24-26-28-30-32-34-36-38-46(49)51-42-44-40-48(3)41-45(44)43-52-47(50)39-37-35-33-31-29-27-25-23-21-19-17-15-13-11-9-7-5-2/h12-15,18-21,44-45H,4-11,16-17,22-43H2,1-3H3/t44-,45?/m0/s1. The molecule has 0 aliphatic carbocycles. The van der Waals surface area contributed by atoms with Gasteiger partial charge in [0, 0.05) is 37.8 Å². The number of esters is 2. The highest BCUT2D eigenvalue weighted by atomic mass is 16.5. The number of rotatable bonds is 36. The normalized spacial score (nSPS) is 16.8. The van der Waals surface area contributed by atoms with Crippen LogP contribution in [0.5, 0.6) is 0 Å². The highest BCUT2D eigenvalue weighted by Gasteiger charge is 2.32. The summed E-state index contributed by atoms with van der Waals surface area (Å²) in [5.74, 6) is 0.301. The van der Waals surface area contributed by atoms with Crippen molar-refractivity contribution in [1.82, 2.24) is 4.90 Å². The molecule has 0 radical (unpaired) electrons. The summed E-state index contributed by atoms with van der Waals surface area (Å²) in [5.41, 5.74) is 0. The molecule has 0 N–H and O–H groups in total. The Labute approximate surface area is 322 Å². The van der Waals surface area contributed by atoms with Crippen LogP contribution < -0.4 is 0 Å². The van der Waals surface area contributed by atoms with Crippen molar-refractivity contribution in [1.29, 1.82) is 0 Å². The van der Waals surface area contributed by atoms with E-state index >= 15 is 0 Å². The van der Waals surface area contributed by atoms with Crippen molar-refractivity contribution in [3.05, 3.63) is 48.6 Å². The number of unbranched alkanes of at least 4 members (excludes halogenated alkanes) is 20. The molecule has 0 bridgehead atoms. The molecule has 1 fully saturated rings. The van der Waals surface area contributed by atoms with E-state index in [0.717, 1.165) is 51.6 Å². The summed E-state index contributed by atoms with van der Waals surface area (Å²) in [4.78, 5) is 27.1. The molecule has 300 valence electrons. The van der Waals surface area contributed by atoms with Gasteiger partial charge in [0.15, 0.2) is 0 Å². The predicted molar refractivity (Wildman–Crippen MR) is 224 cm³/mol. The first-order valence-corrected chi connectivity index (χ1v) is 22.2. The molecular weight excluding hydrogens is 643 g/mol. The Hall–Kier alpha value is -2.14. The Balaban J connectivity index is 1.97. The van der Waals surface area contributed by atoms with Crippen LogP contribution in [-0.4, -0.2) is 50.2 Å². The number of hydrogen-bond donors (Lipinski definition) is 0. The fraction of sp³-hybridized carbons (Fsp3) is 0.787. The van der Waals surface area contributed by atoms with Gasteiger partial charge in [-0.3, -0.25) is 9.59 Å². The maximum atomic E-state index is 12.4. The highest BCUT2D eigenvalue weighted by Crippen LogP contribution is 2.24. The zero-order valence-corrected chi connectivity index (χ0v) is 34.5. The van der Waals surface area contributed by atoms with Gasteiger partial charge < -0.3 is 14.4 Å². The topological polar surface area (TPSA) is 55.8 Å². The van der Waals surface area contributed by atoms with Crippen molar-refractivity contribution >= 4 is 11.9 Å². The van der Waals surface area contributed by atoms with E-state index < -0.39 is 0 Å². The van der Waals surface area contributed by atoms with Gasteiger partial charge in [0.1, 0.15) is 0 Å². The molecular formula is C47H83NO4. The van der Waals surface area contributed by atoms with Gasteiger partial charge in [-0.2, -0.15) is 0 Å². The number of carbonyl (C=O) groups is 2. The van der Waals surface area contributed by atoms with E-state index in [1.54, 1.807) is 0 Å². The summed E-state index contributed by atoms with van der Waals surface area (Å²) in [5, 5.41) is 0. The molecule has 0 saturated carbocycles. The summed E-state index contributed by atoms with van der Waals surface area (Å²) >= 11 is 0. The largest absolute Gasteiger partial charge is 0.465 e. The minimum Gasteiger partial charge on any atom is -0.465 e. The second kappa shape index (κ2) is 37.2. The minimum absolute atomic E-state index is 0.0822. The van der Waals surface area contributed by atoms with Gasteiger partial charge in [0.05, 0.1) is 13.2 Å². The quantitative estimate of drug-likeness (QED) is 0.0366. The maximum absolute atomic E-state index is 12.4. The van der Waals surface area contributed by atoms with Gasteiger partial charge in [-0.15, -0.1) is 0 Å². The molecule has 0 aromatic heterocycles. The summed E-state index contributed by atoms with van der Waals surface area (Å²) in [6.45, 7) is 7.13. The van der Waals surface area contributed by atoms with Gasteiger partial charge >= 0.3 is 11.9 Å². The van der Waals surface area contributed by atoms with E-state index in [0.29, 0.717) is 26.1 Å². The zero-order chi connectivity index (χ0) is 37.6. The molecule has 0 aromatic carbocycles. The number of nitrogens with zero attached hydrogens (tertiary/aromatic N) is 1. The lowest BCUT2D eigenvalue weighted by Crippen LogP contribution is -2.25. The second-order valence-electron chi connectivity index (χ2n) is 15.5. The molecule has 2 atom stereocenters. The molecule has 1 heterocycles. The maximum Gasteiger partial charge on any atom is 0.305 e. The Bertz CT molecular complexity index is 864. The number of carbonyl (C=O) groups excluding carboxylic acids is 2. The van der Waals surface area contributed by atoms with Crippen LogP contribution in [0.1, 0.15) is 194 Å². The smallest absolute Gasteiger partial charge is 0.305 e. The lowest BCUT2D eigenvalue weighted by Gasteiger charge is -2.18. The molecule has 1 rings (SSSR count). The average molecular weight is 726 g/mol. The third-order valence-corrected chi connectivity index (χ3v) is 10.3.